The zero-order valence-corrected chi connectivity index (χ0v) is 19.9. The predicted molar refractivity (Wildman–Crippen MR) is 125 cm³/mol. The molecule has 1 aromatic carbocycles. The molecule has 3 aromatic heterocycles. The zero-order valence-electron chi connectivity index (χ0n) is 18.3. The fourth-order valence-electron chi connectivity index (χ4n) is 3.67. The highest BCUT2D eigenvalue weighted by atomic mass is 32.2. The normalized spacial score (nSPS) is 15.8. The van der Waals surface area contributed by atoms with Crippen molar-refractivity contribution >= 4 is 23.1 Å². The number of nitrogens with zero attached hydrogens (tertiary/aromatic N) is 5. The van der Waals surface area contributed by atoms with E-state index in [9.17, 15) is 0 Å². The van der Waals surface area contributed by atoms with Crippen molar-refractivity contribution in [1.82, 2.24) is 24.9 Å². The van der Waals surface area contributed by atoms with E-state index in [4.69, 9.17) is 18.7 Å². The maximum atomic E-state index is 5.86. The number of methoxy groups -OCH3 is 2. The van der Waals surface area contributed by atoms with Crippen LogP contribution in [0.4, 0.5) is 0 Å². The molecule has 0 amide bonds. The van der Waals surface area contributed by atoms with E-state index in [0.29, 0.717) is 29.0 Å². The van der Waals surface area contributed by atoms with E-state index in [2.05, 4.69) is 31.0 Å². The first-order chi connectivity index (χ1) is 16.2. The van der Waals surface area contributed by atoms with Crippen molar-refractivity contribution in [1.29, 1.82) is 0 Å². The van der Waals surface area contributed by atoms with Crippen LogP contribution >= 0.6 is 23.1 Å². The van der Waals surface area contributed by atoms with E-state index in [0.717, 1.165) is 47.4 Å². The summed E-state index contributed by atoms with van der Waals surface area (Å²) < 4.78 is 24.2. The van der Waals surface area contributed by atoms with Crippen LogP contribution in [0, 0.1) is 0 Å². The minimum Gasteiger partial charge on any atom is -0.497 e. The lowest BCUT2D eigenvalue weighted by molar-refractivity contribution is 0.0953. The second-order valence-corrected chi connectivity index (χ2v) is 9.29. The summed E-state index contributed by atoms with van der Waals surface area (Å²) in [7, 11) is 3.21. The van der Waals surface area contributed by atoms with Crippen LogP contribution in [-0.2, 0) is 17.0 Å². The summed E-state index contributed by atoms with van der Waals surface area (Å²) in [5.74, 6) is 3.60. The van der Waals surface area contributed by atoms with E-state index in [1.165, 1.54) is 11.8 Å². The topological polar surface area (TPSA) is 97.3 Å². The lowest BCUT2D eigenvalue weighted by Crippen LogP contribution is -2.16. The third-order valence-corrected chi connectivity index (χ3v) is 7.13. The molecule has 4 aromatic rings. The van der Waals surface area contributed by atoms with Gasteiger partial charge in [0.05, 0.1) is 43.1 Å². The minimum atomic E-state index is 0.177. The molecule has 5 rings (SSSR count). The average molecular weight is 486 g/mol. The number of hydrogen-bond acceptors (Lipinski definition) is 10. The highest BCUT2D eigenvalue weighted by molar-refractivity contribution is 7.98. The van der Waals surface area contributed by atoms with Gasteiger partial charge in [-0.1, -0.05) is 23.0 Å². The number of benzene rings is 1. The minimum absolute atomic E-state index is 0.177. The number of hydrogen-bond donors (Lipinski definition) is 0. The molecular weight excluding hydrogens is 462 g/mol. The highest BCUT2D eigenvalue weighted by Crippen LogP contribution is 2.33. The Labute approximate surface area is 199 Å². The van der Waals surface area contributed by atoms with Crippen LogP contribution in [0.1, 0.15) is 18.7 Å². The Morgan fingerprint density at radius 2 is 2.15 bits per heavy atom. The molecule has 0 N–H and O–H groups in total. The molecule has 0 saturated carbocycles. The summed E-state index contributed by atoms with van der Waals surface area (Å²) in [5.41, 5.74) is 0.736. The lowest BCUT2D eigenvalue weighted by Gasteiger charge is -2.13. The molecular formula is C22H23N5O4S2. The van der Waals surface area contributed by atoms with E-state index in [1.54, 1.807) is 31.6 Å². The number of thioether (sulfide) groups is 1. The molecule has 11 heteroatoms. The van der Waals surface area contributed by atoms with Gasteiger partial charge in [0.15, 0.2) is 11.0 Å². The third kappa shape index (κ3) is 4.75. The van der Waals surface area contributed by atoms with Crippen LogP contribution < -0.4 is 9.47 Å². The first-order valence-electron chi connectivity index (χ1n) is 10.5. The fourth-order valence-corrected chi connectivity index (χ4v) is 5.18. The first kappa shape index (κ1) is 21.9. The molecule has 172 valence electrons. The molecule has 0 radical (unpaired) electrons. The van der Waals surface area contributed by atoms with Gasteiger partial charge in [-0.3, -0.25) is 4.57 Å². The first-order valence-corrected chi connectivity index (χ1v) is 12.4. The van der Waals surface area contributed by atoms with E-state index in [1.807, 2.05) is 23.6 Å². The molecule has 1 aliphatic rings. The quantitative estimate of drug-likeness (QED) is 0.316. The van der Waals surface area contributed by atoms with Crippen molar-refractivity contribution in [2.45, 2.75) is 36.4 Å². The van der Waals surface area contributed by atoms with Gasteiger partial charge in [-0.2, -0.15) is 4.98 Å². The van der Waals surface area contributed by atoms with Gasteiger partial charge in [0, 0.05) is 12.7 Å². The van der Waals surface area contributed by atoms with Gasteiger partial charge in [0.1, 0.15) is 11.5 Å². The van der Waals surface area contributed by atoms with Crippen molar-refractivity contribution in [3.63, 3.8) is 0 Å². The molecule has 9 nitrogen and oxygen atoms in total. The number of thiophene rings is 1. The summed E-state index contributed by atoms with van der Waals surface area (Å²) >= 11 is 3.16. The molecule has 33 heavy (non-hydrogen) atoms. The van der Waals surface area contributed by atoms with Crippen molar-refractivity contribution in [3.05, 3.63) is 41.6 Å². The molecule has 1 unspecified atom stereocenters. The largest absolute Gasteiger partial charge is 0.497 e. The van der Waals surface area contributed by atoms with E-state index in [-0.39, 0.29) is 6.10 Å². The number of rotatable bonds is 9. The number of ether oxygens (including phenoxy) is 3. The van der Waals surface area contributed by atoms with Crippen LogP contribution in [0.5, 0.6) is 11.5 Å². The van der Waals surface area contributed by atoms with E-state index < -0.39 is 0 Å². The Balaban J connectivity index is 1.34. The molecule has 0 spiro atoms. The van der Waals surface area contributed by atoms with Crippen molar-refractivity contribution in [2.75, 3.05) is 20.8 Å². The van der Waals surface area contributed by atoms with Crippen molar-refractivity contribution < 1.29 is 18.7 Å². The average Bonchev–Trinajstić information content (AvgIpc) is 3.65. The zero-order chi connectivity index (χ0) is 22.6. The Morgan fingerprint density at radius 3 is 2.91 bits per heavy atom. The summed E-state index contributed by atoms with van der Waals surface area (Å²) in [4.78, 5) is 5.63. The van der Waals surface area contributed by atoms with Gasteiger partial charge in [0.25, 0.3) is 0 Å². The van der Waals surface area contributed by atoms with Crippen LogP contribution in [-0.4, -0.2) is 51.8 Å². The maximum Gasteiger partial charge on any atom is 0.237 e. The summed E-state index contributed by atoms with van der Waals surface area (Å²) in [6.07, 6.45) is 2.31. The fraction of sp³-hybridized carbons (Fsp3) is 0.364. The smallest absolute Gasteiger partial charge is 0.237 e. The second kappa shape index (κ2) is 9.94. The maximum absolute atomic E-state index is 5.86. The van der Waals surface area contributed by atoms with Gasteiger partial charge in [-0.05, 0) is 36.4 Å². The third-order valence-electron chi connectivity index (χ3n) is 5.31. The molecule has 0 bridgehead atoms. The molecule has 1 atom stereocenters. The predicted octanol–water partition coefficient (Wildman–Crippen LogP) is 4.55. The second-order valence-electron chi connectivity index (χ2n) is 7.40. The van der Waals surface area contributed by atoms with Crippen molar-refractivity contribution in [2.24, 2.45) is 0 Å². The molecule has 0 aliphatic carbocycles. The standard InChI is InChI=1S/C22H23N5O4S2/c1-28-14-7-8-16(17(11-14)29-2)20-23-19(31-26-20)13-33-22-25-24-21(18-6-4-10-32-18)27(22)12-15-5-3-9-30-15/h4,6-8,10-11,15H,3,5,9,12-13H2,1-2H3. The Hall–Kier alpha value is -2.89. The van der Waals surface area contributed by atoms with Gasteiger partial charge in [-0.25, -0.2) is 0 Å². The molecule has 1 aliphatic heterocycles. The van der Waals surface area contributed by atoms with Crippen molar-refractivity contribution in [3.8, 4) is 33.6 Å². The molecule has 1 saturated heterocycles. The summed E-state index contributed by atoms with van der Waals surface area (Å²) in [5, 5.41) is 15.9. The van der Waals surface area contributed by atoms with Crippen LogP contribution in [0.15, 0.2) is 45.4 Å². The van der Waals surface area contributed by atoms with Crippen LogP contribution in [0.2, 0.25) is 0 Å². The van der Waals surface area contributed by atoms with Gasteiger partial charge < -0.3 is 18.7 Å². The number of aromatic nitrogens is 5. The van der Waals surface area contributed by atoms with Gasteiger partial charge in [-0.15, -0.1) is 21.5 Å². The molecule has 4 heterocycles. The monoisotopic (exact) mass is 485 g/mol. The highest BCUT2D eigenvalue weighted by Gasteiger charge is 2.23. The van der Waals surface area contributed by atoms with Crippen LogP contribution in [0.3, 0.4) is 0 Å². The van der Waals surface area contributed by atoms with Gasteiger partial charge in [0.2, 0.25) is 11.7 Å². The van der Waals surface area contributed by atoms with Gasteiger partial charge >= 0.3 is 0 Å². The SMILES string of the molecule is COc1ccc(-c2noc(CSc3nnc(-c4cccs4)n3CC3CCCO3)n2)c(OC)c1. The van der Waals surface area contributed by atoms with Crippen LogP contribution in [0.25, 0.3) is 22.1 Å². The van der Waals surface area contributed by atoms with E-state index >= 15 is 0 Å². The molecule has 1 fully saturated rings. The Bertz CT molecular complexity index is 1200. The Kier molecular flexibility index (Phi) is 6.60. The summed E-state index contributed by atoms with van der Waals surface area (Å²) in [6, 6.07) is 9.56. The summed E-state index contributed by atoms with van der Waals surface area (Å²) in [6.45, 7) is 1.53. The lowest BCUT2D eigenvalue weighted by atomic mass is 10.2. The Morgan fingerprint density at radius 1 is 1.21 bits per heavy atom.